The predicted molar refractivity (Wildman–Crippen MR) is 43.6 cm³/mol. The maximum absolute atomic E-state index is 11.3. The number of ketones is 1. The van der Waals surface area contributed by atoms with Gasteiger partial charge in [-0.3, -0.25) is 9.59 Å². The summed E-state index contributed by atoms with van der Waals surface area (Å²) in [5.41, 5.74) is 0. The van der Waals surface area contributed by atoms with Crippen LogP contribution in [0.2, 0.25) is 0 Å². The zero-order valence-corrected chi connectivity index (χ0v) is 7.50. The Labute approximate surface area is 72.1 Å². The molecule has 0 radical (unpaired) electrons. The molecular formula is C9H14O3. The van der Waals surface area contributed by atoms with Crippen molar-refractivity contribution in [2.45, 2.75) is 39.2 Å². The summed E-state index contributed by atoms with van der Waals surface area (Å²) in [7, 11) is 0. The molecule has 1 fully saturated rings. The summed E-state index contributed by atoms with van der Waals surface area (Å²) < 4.78 is 4.88. The van der Waals surface area contributed by atoms with Gasteiger partial charge < -0.3 is 4.74 Å². The Kier molecular flexibility index (Phi) is 2.84. The molecule has 0 amide bonds. The molecule has 0 N–H and O–H groups in total. The van der Waals surface area contributed by atoms with E-state index in [0.717, 1.165) is 6.42 Å². The summed E-state index contributed by atoms with van der Waals surface area (Å²) in [6, 6.07) is 0. The van der Waals surface area contributed by atoms with Gasteiger partial charge >= 0.3 is 5.97 Å². The summed E-state index contributed by atoms with van der Waals surface area (Å²) in [6.45, 7) is 3.75. The van der Waals surface area contributed by atoms with Gasteiger partial charge in [-0.05, 0) is 13.3 Å². The van der Waals surface area contributed by atoms with E-state index in [1.807, 2.05) is 13.8 Å². The first-order chi connectivity index (χ1) is 5.65. The monoisotopic (exact) mass is 170 g/mol. The summed E-state index contributed by atoms with van der Waals surface area (Å²) in [4.78, 5) is 22.4. The fourth-order valence-electron chi connectivity index (χ4n) is 1.44. The van der Waals surface area contributed by atoms with E-state index in [1.54, 1.807) is 0 Å². The van der Waals surface area contributed by atoms with E-state index in [-0.39, 0.29) is 17.9 Å². The maximum Gasteiger partial charge on any atom is 0.316 e. The van der Waals surface area contributed by atoms with Crippen LogP contribution < -0.4 is 0 Å². The minimum Gasteiger partial charge on any atom is -0.462 e. The molecule has 3 heteroatoms. The van der Waals surface area contributed by atoms with Crippen LogP contribution in [0.1, 0.15) is 33.1 Å². The largest absolute Gasteiger partial charge is 0.462 e. The summed E-state index contributed by atoms with van der Waals surface area (Å²) in [6.07, 6.45) is 1.78. The molecule has 2 unspecified atom stereocenters. The number of hydrogen-bond donors (Lipinski definition) is 0. The van der Waals surface area contributed by atoms with Crippen molar-refractivity contribution in [1.29, 1.82) is 0 Å². The molecule has 1 saturated heterocycles. The molecular weight excluding hydrogens is 156 g/mol. The number of hydrogen-bond acceptors (Lipinski definition) is 3. The van der Waals surface area contributed by atoms with Crippen molar-refractivity contribution in [3.63, 3.8) is 0 Å². The highest BCUT2D eigenvalue weighted by Gasteiger charge is 2.36. The predicted octanol–water partition coefficient (Wildman–Crippen LogP) is 1.31. The SMILES string of the molecule is CCCC(=O)C1CC(C)OC1=O. The third-order valence-corrected chi connectivity index (χ3v) is 2.05. The zero-order valence-electron chi connectivity index (χ0n) is 7.50. The van der Waals surface area contributed by atoms with Gasteiger partial charge in [0.25, 0.3) is 0 Å². The van der Waals surface area contributed by atoms with Crippen molar-refractivity contribution in [2.75, 3.05) is 0 Å². The van der Waals surface area contributed by atoms with Crippen molar-refractivity contribution in [1.82, 2.24) is 0 Å². The number of esters is 1. The van der Waals surface area contributed by atoms with E-state index in [1.165, 1.54) is 0 Å². The van der Waals surface area contributed by atoms with E-state index < -0.39 is 5.92 Å². The lowest BCUT2D eigenvalue weighted by molar-refractivity contribution is -0.146. The average Bonchev–Trinajstić information content (AvgIpc) is 2.30. The summed E-state index contributed by atoms with van der Waals surface area (Å²) in [5, 5.41) is 0. The molecule has 0 aromatic carbocycles. The molecule has 1 aliphatic heterocycles. The molecule has 0 aliphatic carbocycles. The topological polar surface area (TPSA) is 43.4 Å². The number of carbonyl (C=O) groups excluding carboxylic acids is 2. The molecule has 1 rings (SSSR count). The van der Waals surface area contributed by atoms with Gasteiger partial charge in [0.05, 0.1) is 0 Å². The molecule has 1 heterocycles. The van der Waals surface area contributed by atoms with Crippen LogP contribution in [0.4, 0.5) is 0 Å². The fourth-order valence-corrected chi connectivity index (χ4v) is 1.44. The van der Waals surface area contributed by atoms with Crippen LogP contribution in [-0.2, 0) is 14.3 Å². The molecule has 0 aromatic heterocycles. The number of Topliss-reactive ketones (excluding diaryl/α,β-unsaturated/α-hetero) is 1. The quantitative estimate of drug-likeness (QED) is 0.473. The van der Waals surface area contributed by atoms with Gasteiger partial charge in [-0.1, -0.05) is 6.92 Å². The first kappa shape index (κ1) is 9.23. The van der Waals surface area contributed by atoms with Gasteiger partial charge in [-0.25, -0.2) is 0 Å². The molecule has 2 atom stereocenters. The Morgan fingerprint density at radius 3 is 2.75 bits per heavy atom. The van der Waals surface area contributed by atoms with Crippen LogP contribution in [-0.4, -0.2) is 17.9 Å². The third kappa shape index (κ3) is 1.84. The number of rotatable bonds is 3. The molecule has 3 nitrogen and oxygen atoms in total. The van der Waals surface area contributed by atoms with Crippen LogP contribution in [0.15, 0.2) is 0 Å². The van der Waals surface area contributed by atoms with Gasteiger partial charge in [0, 0.05) is 12.8 Å². The molecule has 12 heavy (non-hydrogen) atoms. The van der Waals surface area contributed by atoms with Crippen LogP contribution in [0.3, 0.4) is 0 Å². The second kappa shape index (κ2) is 3.70. The average molecular weight is 170 g/mol. The van der Waals surface area contributed by atoms with Gasteiger partial charge in [0.15, 0.2) is 0 Å². The highest BCUT2D eigenvalue weighted by Crippen LogP contribution is 2.22. The van der Waals surface area contributed by atoms with Crippen molar-refractivity contribution < 1.29 is 14.3 Å². The molecule has 0 saturated carbocycles. The van der Waals surface area contributed by atoms with Crippen LogP contribution in [0.25, 0.3) is 0 Å². The van der Waals surface area contributed by atoms with E-state index >= 15 is 0 Å². The number of ether oxygens (including phenoxy) is 1. The summed E-state index contributed by atoms with van der Waals surface area (Å²) in [5.74, 6) is -0.771. The Bertz CT molecular complexity index is 198. The molecule has 68 valence electrons. The van der Waals surface area contributed by atoms with Crippen LogP contribution in [0.5, 0.6) is 0 Å². The lowest BCUT2D eigenvalue weighted by Gasteiger charge is -2.01. The van der Waals surface area contributed by atoms with Gasteiger partial charge in [-0.15, -0.1) is 0 Å². The van der Waals surface area contributed by atoms with E-state index in [0.29, 0.717) is 12.8 Å². The number of cyclic esters (lactones) is 1. The molecule has 0 spiro atoms. The highest BCUT2D eigenvalue weighted by molar-refractivity contribution is 6.00. The second-order valence-electron chi connectivity index (χ2n) is 3.25. The van der Waals surface area contributed by atoms with Crippen molar-refractivity contribution in [3.05, 3.63) is 0 Å². The van der Waals surface area contributed by atoms with Crippen LogP contribution >= 0.6 is 0 Å². The zero-order chi connectivity index (χ0) is 9.14. The summed E-state index contributed by atoms with van der Waals surface area (Å²) >= 11 is 0. The van der Waals surface area contributed by atoms with Crippen LogP contribution in [0, 0.1) is 5.92 Å². The second-order valence-corrected chi connectivity index (χ2v) is 3.25. The Morgan fingerprint density at radius 1 is 1.67 bits per heavy atom. The first-order valence-electron chi connectivity index (χ1n) is 4.38. The van der Waals surface area contributed by atoms with E-state index in [2.05, 4.69) is 0 Å². The Balaban J connectivity index is 2.52. The third-order valence-electron chi connectivity index (χ3n) is 2.05. The smallest absolute Gasteiger partial charge is 0.316 e. The minimum absolute atomic E-state index is 0.0341. The van der Waals surface area contributed by atoms with Gasteiger partial charge in [-0.2, -0.15) is 0 Å². The Morgan fingerprint density at radius 2 is 2.33 bits per heavy atom. The lowest BCUT2D eigenvalue weighted by Crippen LogP contribution is -2.18. The van der Waals surface area contributed by atoms with Gasteiger partial charge in [0.2, 0.25) is 0 Å². The first-order valence-corrected chi connectivity index (χ1v) is 4.38. The Hall–Kier alpha value is -0.860. The van der Waals surface area contributed by atoms with Gasteiger partial charge in [0.1, 0.15) is 17.8 Å². The molecule has 1 aliphatic rings. The van der Waals surface area contributed by atoms with Crippen molar-refractivity contribution in [3.8, 4) is 0 Å². The van der Waals surface area contributed by atoms with E-state index in [9.17, 15) is 9.59 Å². The molecule has 0 bridgehead atoms. The minimum atomic E-state index is -0.472. The normalized spacial score (nSPS) is 28.7. The van der Waals surface area contributed by atoms with Crippen molar-refractivity contribution in [2.24, 2.45) is 5.92 Å². The maximum atomic E-state index is 11.3. The standard InChI is InChI=1S/C9H14O3/c1-3-4-8(10)7-5-6(2)12-9(7)11/h6-7H,3-5H2,1-2H3. The lowest BCUT2D eigenvalue weighted by atomic mass is 9.97. The fraction of sp³-hybridized carbons (Fsp3) is 0.778. The van der Waals surface area contributed by atoms with Crippen molar-refractivity contribution >= 4 is 11.8 Å². The number of carbonyl (C=O) groups is 2. The molecule has 0 aromatic rings. The highest BCUT2D eigenvalue weighted by atomic mass is 16.5. The van der Waals surface area contributed by atoms with E-state index in [4.69, 9.17) is 4.74 Å².